The van der Waals surface area contributed by atoms with Gasteiger partial charge in [-0.05, 0) is 82.5 Å². The van der Waals surface area contributed by atoms with Gasteiger partial charge in [-0.15, -0.1) is 0 Å². The predicted molar refractivity (Wildman–Crippen MR) is 264 cm³/mol. The van der Waals surface area contributed by atoms with Gasteiger partial charge in [0.25, 0.3) is 5.91 Å². The molecule has 1 aromatic heterocycles. The highest BCUT2D eigenvalue weighted by molar-refractivity contribution is 5.98. The molecule has 4 heterocycles. The molecule has 3 aliphatic rings. The number of piperazine rings is 1. The zero-order valence-electron chi connectivity index (χ0n) is 43.4. The molecule has 424 valence electrons. The Morgan fingerprint density at radius 3 is 1.83 bits per heavy atom. The molecule has 27 heteroatoms. The van der Waals surface area contributed by atoms with E-state index < -0.39 is 125 Å². The predicted octanol–water partition coefficient (Wildman–Crippen LogP) is 5.31. The molecule has 3 aliphatic heterocycles. The van der Waals surface area contributed by atoms with E-state index in [4.69, 9.17) is 20.3 Å². The Morgan fingerprint density at radius 1 is 0.808 bits per heavy atom. The number of nitrogens with one attached hydrogen (secondary N) is 6. The number of pyridine rings is 1. The van der Waals surface area contributed by atoms with E-state index in [-0.39, 0.29) is 5.56 Å². The number of benzene rings is 2. The van der Waals surface area contributed by atoms with Crippen molar-refractivity contribution < 1.29 is 78.4 Å². The number of alkyl halides is 6. The molecule has 3 fully saturated rings. The summed E-state index contributed by atoms with van der Waals surface area (Å²) < 4.78 is 138. The Bertz CT molecular complexity index is 2750. The van der Waals surface area contributed by atoms with Crippen LogP contribution in [-0.2, 0) is 41.5 Å². The number of hydrogen-bond donors (Lipinski definition) is 7. The van der Waals surface area contributed by atoms with E-state index in [1.807, 2.05) is 22.9 Å². The second kappa shape index (κ2) is 24.3. The Kier molecular flexibility index (Phi) is 18.7. The Hall–Kier alpha value is -7.15. The average Bonchev–Trinajstić information content (AvgIpc) is 4.03. The molecule has 2 aromatic carbocycles. The first-order chi connectivity index (χ1) is 36.4. The molecular formula is C51H60F8N10O9. The molecule has 4 amide bonds. The van der Waals surface area contributed by atoms with Crippen molar-refractivity contribution in [2.45, 2.75) is 109 Å². The summed E-state index contributed by atoms with van der Waals surface area (Å²) >= 11 is 0. The van der Waals surface area contributed by atoms with Crippen molar-refractivity contribution in [2.24, 2.45) is 10.8 Å². The van der Waals surface area contributed by atoms with E-state index in [9.17, 15) is 50.6 Å². The molecule has 78 heavy (non-hydrogen) atoms. The van der Waals surface area contributed by atoms with Crippen molar-refractivity contribution in [1.29, 1.82) is 10.8 Å². The molecule has 7 N–H and O–H groups in total. The summed E-state index contributed by atoms with van der Waals surface area (Å²) in [5, 5.41) is 33.9. The third-order valence-electron chi connectivity index (χ3n) is 14.0. The van der Waals surface area contributed by atoms with E-state index in [1.165, 1.54) is 12.1 Å². The van der Waals surface area contributed by atoms with Gasteiger partial charge in [0.2, 0.25) is 11.8 Å². The molecule has 3 saturated heterocycles. The highest BCUT2D eigenvalue weighted by atomic mass is 19.4. The summed E-state index contributed by atoms with van der Waals surface area (Å²) in [4.78, 5) is 62.2. The number of ether oxygens (including phenoxy) is 4. The molecule has 19 nitrogen and oxygen atoms in total. The monoisotopic (exact) mass is 1110 g/mol. The van der Waals surface area contributed by atoms with Crippen LogP contribution in [0.5, 0.6) is 0 Å². The maximum absolute atomic E-state index is 15.9. The number of aromatic nitrogens is 1. The number of aliphatic hydroxyl groups excluding tert-OH is 1. The number of hydrazine groups is 1. The van der Waals surface area contributed by atoms with Crippen LogP contribution in [0.1, 0.15) is 68.9 Å². The molecule has 6 rings (SSSR count). The quantitative estimate of drug-likeness (QED) is 0.0281. The number of likely N-dealkylation sites (tertiary alicyclic amines) is 1. The lowest BCUT2D eigenvalue weighted by atomic mass is 9.82. The van der Waals surface area contributed by atoms with Crippen LogP contribution in [0.3, 0.4) is 0 Å². The molecule has 0 saturated carbocycles. The van der Waals surface area contributed by atoms with Crippen molar-refractivity contribution in [2.75, 3.05) is 52.0 Å². The zero-order valence-corrected chi connectivity index (χ0v) is 43.4. The fourth-order valence-corrected chi connectivity index (χ4v) is 8.98. The fourth-order valence-electron chi connectivity index (χ4n) is 8.98. The summed E-state index contributed by atoms with van der Waals surface area (Å²) in [6.45, 7) is 4.49. The van der Waals surface area contributed by atoms with E-state index in [0.717, 1.165) is 59.7 Å². The summed E-state index contributed by atoms with van der Waals surface area (Å²) in [6, 6.07) is 5.52. The number of amides is 4. The highest BCUT2D eigenvalue weighted by Gasteiger charge is 2.57. The number of fused-ring (bicyclic) bond motifs is 2. The first-order valence-electron chi connectivity index (χ1n) is 24.3. The molecule has 0 unspecified atom stereocenters. The van der Waals surface area contributed by atoms with Gasteiger partial charge in [-0.2, -0.15) is 26.3 Å². The van der Waals surface area contributed by atoms with E-state index in [2.05, 4.69) is 41.4 Å². The van der Waals surface area contributed by atoms with Crippen LogP contribution in [0.25, 0.3) is 0 Å². The van der Waals surface area contributed by atoms with Gasteiger partial charge in [0.15, 0.2) is 5.90 Å². The minimum atomic E-state index is -5.21. The average molecular weight is 1110 g/mol. The van der Waals surface area contributed by atoms with Gasteiger partial charge in [-0.25, -0.2) is 28.4 Å². The summed E-state index contributed by atoms with van der Waals surface area (Å²) in [5.41, 5.74) is -4.18. The topological polar surface area (TPSA) is 244 Å². The Labute approximate surface area is 443 Å². The molecule has 0 radical (unpaired) electrons. The van der Waals surface area contributed by atoms with Crippen molar-refractivity contribution in [3.05, 3.63) is 94.2 Å². The number of halogens is 8. The molecule has 0 aliphatic carbocycles. The van der Waals surface area contributed by atoms with Gasteiger partial charge in [0.05, 0.1) is 56.5 Å². The second-order valence-corrected chi connectivity index (χ2v) is 20.2. The number of methoxy groups -OCH3 is 2. The van der Waals surface area contributed by atoms with Crippen LogP contribution in [0.4, 0.5) is 50.5 Å². The molecule has 3 aromatic rings. The van der Waals surface area contributed by atoms with E-state index in [0.29, 0.717) is 74.1 Å². The van der Waals surface area contributed by atoms with Gasteiger partial charge < -0.3 is 44.9 Å². The van der Waals surface area contributed by atoms with Gasteiger partial charge in [0, 0.05) is 73.6 Å². The van der Waals surface area contributed by atoms with Crippen LogP contribution >= 0.6 is 0 Å². The van der Waals surface area contributed by atoms with Gasteiger partial charge in [0.1, 0.15) is 29.5 Å². The number of carbonyl (C=O) groups excluding carboxylic acids is 4. The van der Waals surface area contributed by atoms with Crippen LogP contribution in [0.2, 0.25) is 0 Å². The van der Waals surface area contributed by atoms with Gasteiger partial charge in [-0.1, -0.05) is 24.0 Å². The summed E-state index contributed by atoms with van der Waals surface area (Å²) in [5.74, 6) is -0.559. The maximum atomic E-state index is 15.9. The third-order valence-corrected chi connectivity index (χ3v) is 14.0. The number of alkyl carbamates (subject to hydrolysis) is 2. The lowest BCUT2D eigenvalue weighted by Crippen LogP contribution is -2.63. The highest BCUT2D eigenvalue weighted by Crippen LogP contribution is 2.42. The number of anilines is 1. The van der Waals surface area contributed by atoms with Gasteiger partial charge in [-0.3, -0.25) is 30.7 Å². The fraction of sp³-hybridized carbons (Fsp3) is 0.510. The van der Waals surface area contributed by atoms with Crippen molar-refractivity contribution in [3.63, 3.8) is 0 Å². The first-order valence-corrected chi connectivity index (χ1v) is 24.3. The molecule has 6 atom stereocenters. The van der Waals surface area contributed by atoms with Crippen molar-refractivity contribution in [3.8, 4) is 11.8 Å². The van der Waals surface area contributed by atoms with Crippen molar-refractivity contribution in [1.82, 2.24) is 36.3 Å². The van der Waals surface area contributed by atoms with E-state index >= 15 is 8.78 Å². The standard InChI is InChI=1S/C51H60F8N10O9/c1-27(60)78-43(61)31-17-36(52)35(37(53)18-31)23-67(66-45(72)42(65-47(74)76-7)49(4,5)51(57,58)59)24-39(70)38(63-44(71)41(64-46(73)75-6)48(2,3)50(54,55)56)16-29-11-8-28(9-12-29)10-13-30-14-15-40(62-20-30)69-22-32-19-33(69)21-68(32)34-25-77-26-34/h8-9,11-12,14-15,17-18,20,32-34,38-39,41-42,60-61,70H,16,19,21-26H2,1-7H3,(H,63,71)(H,64,73)(H,65,74)(H,66,72)/t32-,33-,38+,39+,41-,42-/m1/s1. The number of nitrogens with zero attached hydrogens (tertiary/aromatic N) is 4. The first kappa shape index (κ1) is 60.1. The van der Waals surface area contributed by atoms with Crippen LogP contribution in [-0.4, -0.2) is 158 Å². The van der Waals surface area contributed by atoms with Gasteiger partial charge >= 0.3 is 24.5 Å². The zero-order chi connectivity index (χ0) is 57.7. The third kappa shape index (κ3) is 14.1. The van der Waals surface area contributed by atoms with Crippen LogP contribution in [0, 0.1) is 45.1 Å². The summed E-state index contributed by atoms with van der Waals surface area (Å²) in [7, 11) is 1.62. The largest absolute Gasteiger partial charge is 0.453 e. The normalized spacial score (nSPS) is 18.3. The molecule has 2 bridgehead atoms. The summed E-state index contributed by atoms with van der Waals surface area (Å²) in [6.07, 6.45) is -13.2. The molecule has 0 spiro atoms. The number of aliphatic hydroxyl groups is 1. The smallest absolute Gasteiger partial charge is 0.407 e. The lowest BCUT2D eigenvalue weighted by molar-refractivity contribution is -0.221. The minimum absolute atomic E-state index is 0.286. The van der Waals surface area contributed by atoms with E-state index in [1.54, 1.807) is 23.6 Å². The molecular weight excluding hydrogens is 1050 g/mol. The SMILES string of the molecule is COC(=O)N[C@H](C(=O)N[C@@H](Cc1ccc(C#Cc2ccc(N3C[C@H]4C[C@@H]3CN4C3COC3)nc2)cc1)[C@@H](O)CN(Cc1c(F)cc(C(=N)OC(C)=N)cc1F)NC(=O)[C@@H](NC(=O)OC)C(C)(C)C(F)(F)F)C(C)(C)C(F)(F)F. The number of hydrogen-bond acceptors (Lipinski definition) is 15. The number of rotatable bonds is 18. The minimum Gasteiger partial charge on any atom is -0.453 e. The Balaban J connectivity index is 1.31. The second-order valence-electron chi connectivity index (χ2n) is 20.2. The number of carbonyl (C=O) groups is 4. The maximum Gasteiger partial charge on any atom is 0.407 e. The van der Waals surface area contributed by atoms with Crippen LogP contribution in [0.15, 0.2) is 54.7 Å². The van der Waals surface area contributed by atoms with Crippen LogP contribution < -0.4 is 26.3 Å². The lowest BCUT2D eigenvalue weighted by Gasteiger charge is -2.42. The Morgan fingerprint density at radius 2 is 1.36 bits per heavy atom. The van der Waals surface area contributed by atoms with Crippen molar-refractivity contribution >= 4 is 41.6 Å².